The minimum atomic E-state index is -4.66. The Morgan fingerprint density at radius 2 is 2.04 bits per heavy atom. The van der Waals surface area contributed by atoms with Gasteiger partial charge in [0.2, 0.25) is 0 Å². The van der Waals surface area contributed by atoms with Gasteiger partial charge in [0.15, 0.2) is 11.3 Å². The van der Waals surface area contributed by atoms with Crippen molar-refractivity contribution in [1.82, 2.24) is 14.8 Å². The predicted molar refractivity (Wildman–Crippen MR) is 87.6 cm³/mol. The Bertz CT molecular complexity index is 986. The van der Waals surface area contributed by atoms with Crippen molar-refractivity contribution in [3.63, 3.8) is 0 Å². The minimum absolute atomic E-state index is 0.0295. The topological polar surface area (TPSA) is 54.5 Å². The molecule has 2 heterocycles. The smallest absolute Gasteiger partial charge is 0.236 e. The Hall–Kier alpha value is -2.59. The fraction of sp³-hybridized carbons (Fsp3) is 0.235. The minimum Gasteiger partial charge on any atom is -0.236 e. The largest absolute Gasteiger partial charge is 0.435 e. The van der Waals surface area contributed by atoms with Crippen LogP contribution in [0, 0.1) is 11.3 Å². The third kappa shape index (κ3) is 3.05. The summed E-state index contributed by atoms with van der Waals surface area (Å²) in [6, 6.07) is 8.12. The Morgan fingerprint density at radius 1 is 1.28 bits per heavy atom. The zero-order valence-electron chi connectivity index (χ0n) is 13.1. The van der Waals surface area contributed by atoms with Gasteiger partial charge in [-0.15, -0.1) is 0 Å². The van der Waals surface area contributed by atoms with E-state index in [2.05, 4.69) is 10.1 Å². The molecule has 128 valence electrons. The zero-order valence-corrected chi connectivity index (χ0v) is 13.9. The van der Waals surface area contributed by atoms with Crippen LogP contribution >= 0.6 is 11.6 Å². The molecule has 0 spiro atoms. The highest BCUT2D eigenvalue weighted by atomic mass is 35.5. The van der Waals surface area contributed by atoms with Crippen molar-refractivity contribution in [1.29, 1.82) is 5.26 Å². The lowest BCUT2D eigenvalue weighted by atomic mass is 10.0. The molecule has 0 saturated heterocycles. The van der Waals surface area contributed by atoms with Crippen molar-refractivity contribution < 1.29 is 13.2 Å². The maximum atomic E-state index is 13.4. The molecular weight excluding hydrogens is 353 g/mol. The zero-order chi connectivity index (χ0) is 18.2. The average Bonchev–Trinajstić information content (AvgIpc) is 2.96. The van der Waals surface area contributed by atoms with Gasteiger partial charge >= 0.3 is 6.18 Å². The number of nitrogens with zero attached hydrogens (tertiary/aromatic N) is 4. The van der Waals surface area contributed by atoms with Gasteiger partial charge in [0, 0.05) is 6.20 Å². The van der Waals surface area contributed by atoms with Crippen LogP contribution in [0.5, 0.6) is 0 Å². The first kappa shape index (κ1) is 17.2. The third-order valence-corrected chi connectivity index (χ3v) is 4.06. The molecule has 0 radical (unpaired) electrons. The van der Waals surface area contributed by atoms with Crippen LogP contribution < -0.4 is 0 Å². The van der Waals surface area contributed by atoms with E-state index in [1.54, 1.807) is 18.2 Å². The number of halogens is 4. The normalized spacial score (nSPS) is 11.7. The van der Waals surface area contributed by atoms with E-state index in [1.807, 2.05) is 13.0 Å². The van der Waals surface area contributed by atoms with Gasteiger partial charge in [-0.2, -0.15) is 23.5 Å². The van der Waals surface area contributed by atoms with E-state index >= 15 is 0 Å². The van der Waals surface area contributed by atoms with E-state index in [1.165, 1.54) is 12.3 Å². The third-order valence-electron chi connectivity index (χ3n) is 3.74. The van der Waals surface area contributed by atoms with Crippen molar-refractivity contribution in [2.45, 2.75) is 25.9 Å². The molecule has 4 nitrogen and oxygen atoms in total. The van der Waals surface area contributed by atoms with Gasteiger partial charge < -0.3 is 0 Å². The maximum absolute atomic E-state index is 13.4. The molecule has 8 heteroatoms. The van der Waals surface area contributed by atoms with Gasteiger partial charge in [0.25, 0.3) is 0 Å². The first-order valence-electron chi connectivity index (χ1n) is 7.50. The second-order valence-electron chi connectivity index (χ2n) is 5.45. The molecule has 3 rings (SSSR count). The number of pyridine rings is 1. The summed E-state index contributed by atoms with van der Waals surface area (Å²) in [5.74, 6) is 0. The molecule has 1 aromatic carbocycles. The van der Waals surface area contributed by atoms with Gasteiger partial charge in [-0.05, 0) is 36.2 Å². The van der Waals surface area contributed by atoms with Crippen molar-refractivity contribution in [3.05, 3.63) is 52.3 Å². The molecular formula is C17H12ClF3N4. The monoisotopic (exact) mass is 364 g/mol. The second kappa shape index (κ2) is 6.37. The lowest BCUT2D eigenvalue weighted by molar-refractivity contribution is -0.140. The fourth-order valence-corrected chi connectivity index (χ4v) is 2.93. The molecule has 0 aliphatic heterocycles. The molecule has 3 aromatic rings. The second-order valence-corrected chi connectivity index (χ2v) is 5.86. The molecule has 2 aromatic heterocycles. The van der Waals surface area contributed by atoms with Crippen LogP contribution in [0.2, 0.25) is 5.02 Å². The average molecular weight is 365 g/mol. The molecule has 0 aliphatic rings. The van der Waals surface area contributed by atoms with E-state index < -0.39 is 11.9 Å². The summed E-state index contributed by atoms with van der Waals surface area (Å²) in [4.78, 5) is 4.05. The van der Waals surface area contributed by atoms with Crippen LogP contribution in [0.4, 0.5) is 13.2 Å². The standard InChI is InChI=1S/C17H12ClF3N4/c1-2-3-11-8-10(9-22)4-5-13(11)25-16-14(12(18)6-7-23-16)15(24-25)17(19,20)21/h4-8H,2-3H2,1H3. The van der Waals surface area contributed by atoms with Crippen LogP contribution in [-0.4, -0.2) is 14.8 Å². The lowest BCUT2D eigenvalue weighted by Gasteiger charge is -2.10. The number of alkyl halides is 3. The number of aromatic nitrogens is 3. The molecule has 0 atom stereocenters. The van der Waals surface area contributed by atoms with Crippen molar-refractivity contribution in [2.24, 2.45) is 0 Å². The Balaban J connectivity index is 2.34. The SMILES string of the molecule is CCCc1cc(C#N)ccc1-n1nc(C(F)(F)F)c2c(Cl)ccnc21. The number of benzene rings is 1. The molecule has 0 aliphatic carbocycles. The predicted octanol–water partition coefficient (Wildman–Crippen LogP) is 4.92. The van der Waals surface area contributed by atoms with Gasteiger partial charge in [-0.1, -0.05) is 24.9 Å². The van der Waals surface area contributed by atoms with E-state index in [4.69, 9.17) is 16.9 Å². The summed E-state index contributed by atoms with van der Waals surface area (Å²) in [5, 5.41) is 12.5. The Labute approximate surface area is 146 Å². The van der Waals surface area contributed by atoms with Crippen molar-refractivity contribution in [3.8, 4) is 11.8 Å². The molecule has 25 heavy (non-hydrogen) atoms. The summed E-state index contributed by atoms with van der Waals surface area (Å²) < 4.78 is 41.3. The van der Waals surface area contributed by atoms with E-state index in [-0.39, 0.29) is 16.1 Å². The van der Waals surface area contributed by atoms with Crippen LogP contribution in [0.1, 0.15) is 30.2 Å². The number of hydrogen-bond donors (Lipinski definition) is 0. The molecule has 0 fully saturated rings. The quantitative estimate of drug-likeness (QED) is 0.663. The molecule has 0 amide bonds. The van der Waals surface area contributed by atoms with Crippen LogP contribution in [0.15, 0.2) is 30.5 Å². The number of rotatable bonds is 3. The summed E-state index contributed by atoms with van der Waals surface area (Å²) in [6.07, 6.45) is -1.96. The van der Waals surface area contributed by atoms with Crippen molar-refractivity contribution in [2.75, 3.05) is 0 Å². The van der Waals surface area contributed by atoms with Crippen LogP contribution in [0.25, 0.3) is 16.7 Å². The summed E-state index contributed by atoms with van der Waals surface area (Å²) >= 11 is 5.98. The lowest BCUT2D eigenvalue weighted by Crippen LogP contribution is -2.08. The first-order chi connectivity index (χ1) is 11.9. The maximum Gasteiger partial charge on any atom is 0.435 e. The van der Waals surface area contributed by atoms with Gasteiger partial charge in [-0.25, -0.2) is 9.67 Å². The highest BCUT2D eigenvalue weighted by molar-refractivity contribution is 6.35. The Kier molecular flexibility index (Phi) is 4.39. The van der Waals surface area contributed by atoms with Crippen LogP contribution in [0.3, 0.4) is 0 Å². The van der Waals surface area contributed by atoms with Gasteiger partial charge in [-0.3, -0.25) is 0 Å². The van der Waals surface area contributed by atoms with Gasteiger partial charge in [0.05, 0.1) is 27.7 Å². The molecule has 0 N–H and O–H groups in total. The summed E-state index contributed by atoms with van der Waals surface area (Å²) in [7, 11) is 0. The van der Waals surface area contributed by atoms with E-state index in [0.29, 0.717) is 17.7 Å². The number of nitriles is 1. The van der Waals surface area contributed by atoms with Crippen LogP contribution in [-0.2, 0) is 12.6 Å². The molecule has 0 saturated carbocycles. The molecule has 0 bridgehead atoms. The number of hydrogen-bond acceptors (Lipinski definition) is 3. The first-order valence-corrected chi connectivity index (χ1v) is 7.88. The summed E-state index contributed by atoms with van der Waals surface area (Å²) in [6.45, 7) is 1.94. The number of aryl methyl sites for hydroxylation is 1. The van der Waals surface area contributed by atoms with E-state index in [0.717, 1.165) is 16.7 Å². The molecule has 0 unspecified atom stereocenters. The fourth-order valence-electron chi connectivity index (χ4n) is 2.70. The van der Waals surface area contributed by atoms with Crippen molar-refractivity contribution >= 4 is 22.6 Å². The summed E-state index contributed by atoms with van der Waals surface area (Å²) in [5.41, 5.74) is 0.567. The Morgan fingerprint density at radius 3 is 2.68 bits per heavy atom. The van der Waals surface area contributed by atoms with E-state index in [9.17, 15) is 13.2 Å². The number of fused-ring (bicyclic) bond motifs is 1. The van der Waals surface area contributed by atoms with Gasteiger partial charge in [0.1, 0.15) is 0 Å². The highest BCUT2D eigenvalue weighted by Crippen LogP contribution is 2.38. The highest BCUT2D eigenvalue weighted by Gasteiger charge is 2.38.